The number of rotatable bonds is 6. The number of hydrogen-bond donors (Lipinski definition) is 1. The summed E-state index contributed by atoms with van der Waals surface area (Å²) in [5.41, 5.74) is 4.00. The first-order chi connectivity index (χ1) is 12.8. The summed E-state index contributed by atoms with van der Waals surface area (Å²) >= 11 is 0. The molecule has 0 aliphatic carbocycles. The highest BCUT2D eigenvalue weighted by Crippen LogP contribution is 2.31. The van der Waals surface area contributed by atoms with Crippen LogP contribution in [0.1, 0.15) is 55.2 Å². The van der Waals surface area contributed by atoms with Gasteiger partial charge in [0, 0.05) is 25.6 Å². The van der Waals surface area contributed by atoms with Gasteiger partial charge in [0.15, 0.2) is 0 Å². The predicted octanol–water partition coefficient (Wildman–Crippen LogP) is 4.97. The molecular weight excluding hydrogens is 320 g/mol. The van der Waals surface area contributed by atoms with Crippen molar-refractivity contribution in [3.63, 3.8) is 0 Å². The van der Waals surface area contributed by atoms with E-state index in [0.717, 1.165) is 32.5 Å². The minimum atomic E-state index is 0.0789. The standard InChI is InChI=1S/C23H30N2O/c1-2-3-4-10-16-24-23(26)25-17-15-20-13-8-9-14-21(20)22(18-25)19-11-6-5-7-12-19/h5-9,11-14,22H,2-4,10,15-18H2,1H3,(H,24,26). The first-order valence-corrected chi connectivity index (χ1v) is 9.95. The van der Waals surface area contributed by atoms with E-state index in [1.165, 1.54) is 36.0 Å². The summed E-state index contributed by atoms with van der Waals surface area (Å²) in [6, 6.07) is 19.3. The number of nitrogens with one attached hydrogen (secondary N) is 1. The van der Waals surface area contributed by atoms with Crippen LogP contribution in [0.3, 0.4) is 0 Å². The molecule has 0 aromatic heterocycles. The smallest absolute Gasteiger partial charge is 0.317 e. The minimum Gasteiger partial charge on any atom is -0.338 e. The van der Waals surface area contributed by atoms with E-state index in [0.29, 0.717) is 0 Å². The van der Waals surface area contributed by atoms with E-state index in [4.69, 9.17) is 0 Å². The van der Waals surface area contributed by atoms with Crippen molar-refractivity contribution in [3.8, 4) is 0 Å². The highest BCUT2D eigenvalue weighted by atomic mass is 16.2. The van der Waals surface area contributed by atoms with Crippen LogP contribution in [-0.4, -0.2) is 30.6 Å². The summed E-state index contributed by atoms with van der Waals surface area (Å²) in [6.07, 6.45) is 5.63. The molecule has 2 aromatic rings. The lowest BCUT2D eigenvalue weighted by molar-refractivity contribution is 0.198. The highest BCUT2D eigenvalue weighted by molar-refractivity contribution is 5.74. The lowest BCUT2D eigenvalue weighted by atomic mass is 9.88. The quantitative estimate of drug-likeness (QED) is 0.733. The molecule has 0 saturated heterocycles. The van der Waals surface area contributed by atoms with Gasteiger partial charge < -0.3 is 10.2 Å². The van der Waals surface area contributed by atoms with Crippen LogP contribution in [0, 0.1) is 0 Å². The summed E-state index contributed by atoms with van der Waals surface area (Å²) < 4.78 is 0. The van der Waals surface area contributed by atoms with E-state index < -0.39 is 0 Å². The Bertz CT molecular complexity index is 698. The number of carbonyl (C=O) groups excluding carboxylic acids is 1. The number of carbonyl (C=O) groups is 1. The highest BCUT2D eigenvalue weighted by Gasteiger charge is 2.26. The predicted molar refractivity (Wildman–Crippen MR) is 108 cm³/mol. The molecule has 1 aliphatic rings. The zero-order valence-electron chi connectivity index (χ0n) is 15.8. The molecule has 3 rings (SSSR count). The second kappa shape index (κ2) is 9.42. The average molecular weight is 351 g/mol. The fraction of sp³-hybridized carbons (Fsp3) is 0.435. The average Bonchev–Trinajstić information content (AvgIpc) is 2.88. The molecule has 1 aliphatic heterocycles. The van der Waals surface area contributed by atoms with Gasteiger partial charge in [-0.05, 0) is 29.5 Å². The maximum atomic E-state index is 12.7. The van der Waals surface area contributed by atoms with Gasteiger partial charge in [-0.2, -0.15) is 0 Å². The zero-order chi connectivity index (χ0) is 18.2. The van der Waals surface area contributed by atoms with Gasteiger partial charge >= 0.3 is 6.03 Å². The van der Waals surface area contributed by atoms with Crippen LogP contribution in [0.25, 0.3) is 0 Å². The van der Waals surface area contributed by atoms with Crippen molar-refractivity contribution in [2.24, 2.45) is 0 Å². The number of amides is 2. The molecule has 1 heterocycles. The third kappa shape index (κ3) is 4.66. The molecule has 26 heavy (non-hydrogen) atoms. The number of nitrogens with zero attached hydrogens (tertiary/aromatic N) is 1. The number of unbranched alkanes of at least 4 members (excludes halogenated alkanes) is 3. The van der Waals surface area contributed by atoms with Gasteiger partial charge in [-0.25, -0.2) is 4.79 Å². The summed E-state index contributed by atoms with van der Waals surface area (Å²) in [5.74, 6) is 0.237. The number of benzene rings is 2. The van der Waals surface area contributed by atoms with Crippen LogP contribution in [0.5, 0.6) is 0 Å². The van der Waals surface area contributed by atoms with Gasteiger partial charge in [-0.3, -0.25) is 0 Å². The maximum absolute atomic E-state index is 12.7. The van der Waals surface area contributed by atoms with Gasteiger partial charge in [-0.15, -0.1) is 0 Å². The van der Waals surface area contributed by atoms with E-state index in [1.54, 1.807) is 0 Å². The number of fused-ring (bicyclic) bond motifs is 1. The molecule has 1 atom stereocenters. The molecule has 3 heteroatoms. The molecule has 0 fully saturated rings. The van der Waals surface area contributed by atoms with E-state index in [-0.39, 0.29) is 11.9 Å². The van der Waals surface area contributed by atoms with E-state index in [1.807, 2.05) is 11.0 Å². The molecule has 0 spiro atoms. The monoisotopic (exact) mass is 350 g/mol. The second-order valence-corrected chi connectivity index (χ2v) is 7.15. The third-order valence-electron chi connectivity index (χ3n) is 5.28. The van der Waals surface area contributed by atoms with Gasteiger partial charge in [0.2, 0.25) is 0 Å². The summed E-state index contributed by atoms with van der Waals surface area (Å²) in [4.78, 5) is 14.7. The van der Waals surface area contributed by atoms with Gasteiger partial charge in [0.1, 0.15) is 0 Å². The molecule has 0 saturated carbocycles. The molecule has 3 nitrogen and oxygen atoms in total. The Kier molecular flexibility index (Phi) is 6.70. The van der Waals surface area contributed by atoms with Crippen molar-refractivity contribution in [2.75, 3.05) is 19.6 Å². The lowest BCUT2D eigenvalue weighted by Crippen LogP contribution is -2.42. The van der Waals surface area contributed by atoms with Crippen molar-refractivity contribution in [3.05, 3.63) is 71.3 Å². The normalized spacial score (nSPS) is 16.7. The summed E-state index contributed by atoms with van der Waals surface area (Å²) in [5, 5.41) is 3.12. The van der Waals surface area contributed by atoms with Crippen molar-refractivity contribution < 1.29 is 4.79 Å². The Hall–Kier alpha value is -2.29. The molecule has 138 valence electrons. The first kappa shape index (κ1) is 18.5. The number of urea groups is 1. The fourth-order valence-electron chi connectivity index (χ4n) is 3.78. The molecule has 2 amide bonds. The lowest BCUT2D eigenvalue weighted by Gasteiger charge is -2.26. The van der Waals surface area contributed by atoms with Crippen molar-refractivity contribution in [2.45, 2.75) is 44.9 Å². The molecule has 1 unspecified atom stereocenters. The van der Waals surface area contributed by atoms with Crippen LogP contribution in [0.2, 0.25) is 0 Å². The van der Waals surface area contributed by atoms with Crippen molar-refractivity contribution in [1.82, 2.24) is 10.2 Å². The zero-order valence-corrected chi connectivity index (χ0v) is 15.8. The van der Waals surface area contributed by atoms with Crippen LogP contribution in [0.15, 0.2) is 54.6 Å². The minimum absolute atomic E-state index is 0.0789. The van der Waals surface area contributed by atoms with Gasteiger partial charge in [-0.1, -0.05) is 80.8 Å². The fourth-order valence-corrected chi connectivity index (χ4v) is 3.78. The van der Waals surface area contributed by atoms with E-state index in [9.17, 15) is 4.79 Å². The first-order valence-electron chi connectivity index (χ1n) is 9.95. The Balaban J connectivity index is 1.72. The Morgan fingerprint density at radius 1 is 1.04 bits per heavy atom. The maximum Gasteiger partial charge on any atom is 0.317 e. The largest absolute Gasteiger partial charge is 0.338 e. The number of hydrogen-bond acceptors (Lipinski definition) is 1. The van der Waals surface area contributed by atoms with Gasteiger partial charge in [0.05, 0.1) is 0 Å². The van der Waals surface area contributed by atoms with Gasteiger partial charge in [0.25, 0.3) is 0 Å². The third-order valence-corrected chi connectivity index (χ3v) is 5.28. The Morgan fingerprint density at radius 2 is 1.81 bits per heavy atom. The van der Waals surface area contributed by atoms with E-state index >= 15 is 0 Å². The van der Waals surface area contributed by atoms with Crippen LogP contribution in [0.4, 0.5) is 4.79 Å². The molecular formula is C23H30N2O. The second-order valence-electron chi connectivity index (χ2n) is 7.15. The van der Waals surface area contributed by atoms with Crippen molar-refractivity contribution in [1.29, 1.82) is 0 Å². The molecule has 2 aromatic carbocycles. The van der Waals surface area contributed by atoms with Crippen LogP contribution >= 0.6 is 0 Å². The molecule has 1 N–H and O–H groups in total. The molecule has 0 radical (unpaired) electrons. The van der Waals surface area contributed by atoms with E-state index in [2.05, 4.69) is 60.8 Å². The topological polar surface area (TPSA) is 32.3 Å². The van der Waals surface area contributed by atoms with Crippen LogP contribution < -0.4 is 5.32 Å². The molecule has 0 bridgehead atoms. The van der Waals surface area contributed by atoms with Crippen LogP contribution in [-0.2, 0) is 6.42 Å². The summed E-state index contributed by atoms with van der Waals surface area (Å²) in [6.45, 7) is 4.50. The summed E-state index contributed by atoms with van der Waals surface area (Å²) in [7, 11) is 0. The van der Waals surface area contributed by atoms with Crippen molar-refractivity contribution >= 4 is 6.03 Å². The Morgan fingerprint density at radius 3 is 2.62 bits per heavy atom. The Labute approximate surface area is 157 Å². The SMILES string of the molecule is CCCCCCNC(=O)N1CCc2ccccc2C(c2ccccc2)C1.